The zero-order chi connectivity index (χ0) is 13.5. The number of aliphatic hydroxyl groups is 1. The third kappa shape index (κ3) is 2.16. The average molecular weight is 260 g/mol. The van der Waals surface area contributed by atoms with Crippen molar-refractivity contribution in [2.24, 2.45) is 5.92 Å². The van der Waals surface area contributed by atoms with Crippen LogP contribution >= 0.6 is 0 Å². The molecule has 0 saturated heterocycles. The van der Waals surface area contributed by atoms with E-state index < -0.39 is 0 Å². The van der Waals surface area contributed by atoms with Crippen LogP contribution in [0.3, 0.4) is 0 Å². The molecule has 0 aromatic heterocycles. The predicted molar refractivity (Wildman–Crippen MR) is 76.4 cm³/mol. The van der Waals surface area contributed by atoms with E-state index in [1.807, 2.05) is 6.07 Å². The number of hydrogen-bond donors (Lipinski definition) is 1. The summed E-state index contributed by atoms with van der Waals surface area (Å²) in [6, 6.07) is 6.18. The fourth-order valence-electron chi connectivity index (χ4n) is 3.98. The second-order valence-electron chi connectivity index (χ2n) is 6.28. The maximum absolute atomic E-state index is 10.5. The van der Waals surface area contributed by atoms with Crippen molar-refractivity contribution in [1.82, 2.24) is 0 Å². The third-order valence-electron chi connectivity index (χ3n) is 5.02. The molecule has 0 radical (unpaired) electrons. The van der Waals surface area contributed by atoms with Crippen LogP contribution in [0.15, 0.2) is 18.2 Å². The van der Waals surface area contributed by atoms with Gasteiger partial charge in [0, 0.05) is 12.0 Å². The number of rotatable bonds is 1. The molecule has 1 spiro atoms. The molecule has 3 unspecified atom stereocenters. The zero-order valence-corrected chi connectivity index (χ0v) is 12.0. The van der Waals surface area contributed by atoms with Gasteiger partial charge in [-0.25, -0.2) is 0 Å². The van der Waals surface area contributed by atoms with E-state index in [9.17, 15) is 5.11 Å². The lowest BCUT2D eigenvalue weighted by Gasteiger charge is -2.48. The molecule has 3 rings (SSSR count). The van der Waals surface area contributed by atoms with Crippen LogP contribution in [0.1, 0.15) is 62.7 Å². The largest absolute Gasteiger partial charge is 0.486 e. The van der Waals surface area contributed by atoms with Gasteiger partial charge in [0.15, 0.2) is 0 Å². The lowest BCUT2D eigenvalue weighted by molar-refractivity contribution is -0.0782. The summed E-state index contributed by atoms with van der Waals surface area (Å²) in [4.78, 5) is 0. The van der Waals surface area contributed by atoms with Gasteiger partial charge in [-0.05, 0) is 50.7 Å². The van der Waals surface area contributed by atoms with E-state index in [1.54, 1.807) is 0 Å². The van der Waals surface area contributed by atoms with Crippen molar-refractivity contribution in [3.05, 3.63) is 29.3 Å². The SMILES string of the molecule is CCC1CCCCC12CC(O)c1cc(C)ccc1O2. The maximum Gasteiger partial charge on any atom is 0.125 e. The molecule has 1 aromatic rings. The highest BCUT2D eigenvalue weighted by Crippen LogP contribution is 2.49. The molecule has 0 amide bonds. The number of ether oxygens (including phenoxy) is 1. The highest BCUT2D eigenvalue weighted by atomic mass is 16.5. The van der Waals surface area contributed by atoms with E-state index in [0.29, 0.717) is 5.92 Å². The van der Waals surface area contributed by atoms with Crippen LogP contribution in [-0.2, 0) is 0 Å². The van der Waals surface area contributed by atoms with Gasteiger partial charge in [-0.2, -0.15) is 0 Å². The topological polar surface area (TPSA) is 29.5 Å². The average Bonchev–Trinajstić information content (AvgIpc) is 2.40. The van der Waals surface area contributed by atoms with Crippen LogP contribution in [0, 0.1) is 12.8 Å². The van der Waals surface area contributed by atoms with Gasteiger partial charge in [-0.15, -0.1) is 0 Å². The maximum atomic E-state index is 10.5. The smallest absolute Gasteiger partial charge is 0.125 e. The van der Waals surface area contributed by atoms with Crippen LogP contribution in [-0.4, -0.2) is 10.7 Å². The van der Waals surface area contributed by atoms with Gasteiger partial charge in [0.25, 0.3) is 0 Å². The second kappa shape index (κ2) is 4.82. The first-order valence-electron chi connectivity index (χ1n) is 7.62. The quantitative estimate of drug-likeness (QED) is 0.822. The minimum atomic E-state index is -0.365. The first-order valence-corrected chi connectivity index (χ1v) is 7.62. The summed E-state index contributed by atoms with van der Waals surface area (Å²) < 4.78 is 6.43. The first-order chi connectivity index (χ1) is 9.14. The minimum Gasteiger partial charge on any atom is -0.486 e. The summed E-state index contributed by atoms with van der Waals surface area (Å²) in [5, 5.41) is 10.5. The fourth-order valence-corrected chi connectivity index (χ4v) is 3.98. The molecule has 2 aliphatic rings. The van der Waals surface area contributed by atoms with Crippen LogP contribution in [0.25, 0.3) is 0 Å². The Bertz CT molecular complexity index is 468. The lowest BCUT2D eigenvalue weighted by Crippen LogP contribution is -2.49. The van der Waals surface area contributed by atoms with Gasteiger partial charge in [-0.1, -0.05) is 25.0 Å². The van der Waals surface area contributed by atoms with Gasteiger partial charge < -0.3 is 9.84 Å². The van der Waals surface area contributed by atoms with Crippen molar-refractivity contribution in [3.63, 3.8) is 0 Å². The molecule has 2 heteroatoms. The fraction of sp³-hybridized carbons (Fsp3) is 0.647. The second-order valence-corrected chi connectivity index (χ2v) is 6.28. The molecule has 19 heavy (non-hydrogen) atoms. The summed E-state index contributed by atoms with van der Waals surface area (Å²) in [6.07, 6.45) is 6.41. The van der Waals surface area contributed by atoms with E-state index in [-0.39, 0.29) is 11.7 Å². The van der Waals surface area contributed by atoms with Crippen molar-refractivity contribution in [3.8, 4) is 5.75 Å². The highest BCUT2D eigenvalue weighted by molar-refractivity contribution is 5.41. The van der Waals surface area contributed by atoms with E-state index in [1.165, 1.54) is 24.8 Å². The molecular weight excluding hydrogens is 236 g/mol. The monoisotopic (exact) mass is 260 g/mol. The van der Waals surface area contributed by atoms with E-state index >= 15 is 0 Å². The molecule has 2 nitrogen and oxygen atoms in total. The molecule has 0 bridgehead atoms. The molecule has 1 saturated carbocycles. The van der Waals surface area contributed by atoms with Gasteiger partial charge in [0.1, 0.15) is 11.4 Å². The lowest BCUT2D eigenvalue weighted by atomic mass is 9.69. The van der Waals surface area contributed by atoms with Crippen LogP contribution in [0.4, 0.5) is 0 Å². The Labute approximate surface area is 115 Å². The molecule has 3 atom stereocenters. The van der Waals surface area contributed by atoms with Crippen LogP contribution in [0.2, 0.25) is 0 Å². The van der Waals surface area contributed by atoms with Crippen molar-refractivity contribution in [1.29, 1.82) is 0 Å². The molecule has 1 aliphatic heterocycles. The van der Waals surface area contributed by atoms with Crippen molar-refractivity contribution >= 4 is 0 Å². The Morgan fingerprint density at radius 3 is 3.00 bits per heavy atom. The Balaban J connectivity index is 1.97. The van der Waals surface area contributed by atoms with Gasteiger partial charge >= 0.3 is 0 Å². The molecule has 1 heterocycles. The minimum absolute atomic E-state index is 0.116. The Kier molecular flexibility index (Phi) is 3.30. The van der Waals surface area contributed by atoms with E-state index in [0.717, 1.165) is 30.6 Å². The van der Waals surface area contributed by atoms with Gasteiger partial charge in [-0.3, -0.25) is 0 Å². The summed E-state index contributed by atoms with van der Waals surface area (Å²) in [5.74, 6) is 1.50. The summed E-state index contributed by atoms with van der Waals surface area (Å²) in [7, 11) is 0. The number of fused-ring (bicyclic) bond motifs is 1. The Hall–Kier alpha value is -1.02. The Morgan fingerprint density at radius 1 is 1.37 bits per heavy atom. The molecule has 1 fully saturated rings. The Morgan fingerprint density at radius 2 is 2.21 bits per heavy atom. The number of aryl methyl sites for hydroxylation is 1. The zero-order valence-electron chi connectivity index (χ0n) is 12.0. The van der Waals surface area contributed by atoms with Crippen LogP contribution in [0.5, 0.6) is 5.75 Å². The van der Waals surface area contributed by atoms with Crippen molar-refractivity contribution < 1.29 is 9.84 Å². The summed E-state index contributed by atoms with van der Waals surface area (Å²) >= 11 is 0. The van der Waals surface area contributed by atoms with Crippen molar-refractivity contribution in [2.75, 3.05) is 0 Å². The molecular formula is C17H24O2. The molecule has 104 valence electrons. The number of aliphatic hydroxyl groups excluding tert-OH is 1. The predicted octanol–water partition coefficient (Wildman–Crippen LogP) is 4.15. The van der Waals surface area contributed by atoms with E-state index in [4.69, 9.17) is 4.74 Å². The van der Waals surface area contributed by atoms with Crippen LogP contribution < -0.4 is 4.74 Å². The van der Waals surface area contributed by atoms with Gasteiger partial charge in [0.2, 0.25) is 0 Å². The first kappa shape index (κ1) is 13.0. The third-order valence-corrected chi connectivity index (χ3v) is 5.02. The normalized spacial score (nSPS) is 33.8. The number of benzene rings is 1. The molecule has 1 aromatic carbocycles. The molecule has 1 N–H and O–H groups in total. The summed E-state index contributed by atoms with van der Waals surface area (Å²) in [6.45, 7) is 4.31. The van der Waals surface area contributed by atoms with Gasteiger partial charge in [0.05, 0.1) is 6.10 Å². The summed E-state index contributed by atoms with van der Waals surface area (Å²) in [5.41, 5.74) is 2.05. The van der Waals surface area contributed by atoms with E-state index in [2.05, 4.69) is 26.0 Å². The molecule has 1 aliphatic carbocycles. The number of hydrogen-bond acceptors (Lipinski definition) is 2. The van der Waals surface area contributed by atoms with Crippen molar-refractivity contribution in [2.45, 2.75) is 64.1 Å². The standard InChI is InChI=1S/C17H24O2/c1-3-13-6-4-5-9-17(13)11-15(18)14-10-12(2)7-8-16(14)19-17/h7-8,10,13,15,18H,3-6,9,11H2,1-2H3. The highest BCUT2D eigenvalue weighted by Gasteiger charge is 2.46.